The first-order valence-corrected chi connectivity index (χ1v) is 7.74. The first-order valence-electron chi connectivity index (χ1n) is 7.74. The number of hydrogen-bond acceptors (Lipinski definition) is 5. The molecule has 0 radical (unpaired) electrons. The Morgan fingerprint density at radius 1 is 1.00 bits per heavy atom. The third kappa shape index (κ3) is 7.43. The summed E-state index contributed by atoms with van der Waals surface area (Å²) in [4.78, 5) is 35.5. The van der Waals surface area contributed by atoms with E-state index in [0.29, 0.717) is 0 Å². The number of rotatable bonds is 9. The molecule has 2 amide bonds. The highest BCUT2D eigenvalue weighted by Gasteiger charge is 2.31. The second-order valence-corrected chi connectivity index (χ2v) is 6.53. The van der Waals surface area contributed by atoms with Gasteiger partial charge in [-0.1, -0.05) is 27.7 Å². The number of aliphatic carboxylic acids is 1. The van der Waals surface area contributed by atoms with E-state index in [0.717, 1.165) is 0 Å². The molecular formula is C15H29N3O5. The molecule has 0 saturated heterocycles. The van der Waals surface area contributed by atoms with Crippen molar-refractivity contribution in [3.8, 4) is 0 Å². The van der Waals surface area contributed by atoms with E-state index in [1.807, 2.05) is 13.8 Å². The first kappa shape index (κ1) is 21.3. The molecule has 0 aliphatic heterocycles. The monoisotopic (exact) mass is 331 g/mol. The lowest BCUT2D eigenvalue weighted by Gasteiger charge is -2.26. The number of carbonyl (C=O) groups excluding carboxylic acids is 2. The van der Waals surface area contributed by atoms with Gasteiger partial charge in [-0.15, -0.1) is 0 Å². The second kappa shape index (κ2) is 9.46. The third-order valence-electron chi connectivity index (χ3n) is 3.39. The van der Waals surface area contributed by atoms with Gasteiger partial charge >= 0.3 is 5.97 Å². The number of hydrogen-bond donors (Lipinski definition) is 5. The largest absolute Gasteiger partial charge is 0.480 e. The van der Waals surface area contributed by atoms with Gasteiger partial charge in [0, 0.05) is 0 Å². The maximum atomic E-state index is 12.3. The zero-order chi connectivity index (χ0) is 18.3. The zero-order valence-electron chi connectivity index (χ0n) is 14.4. The maximum absolute atomic E-state index is 12.3. The highest BCUT2D eigenvalue weighted by molar-refractivity contribution is 5.92. The van der Waals surface area contributed by atoms with Crippen LogP contribution >= 0.6 is 0 Å². The predicted octanol–water partition coefficient (Wildman–Crippen LogP) is -0.549. The van der Waals surface area contributed by atoms with Crippen molar-refractivity contribution in [2.45, 2.75) is 65.3 Å². The number of carbonyl (C=O) groups is 3. The molecule has 0 aromatic heterocycles. The first-order chi connectivity index (χ1) is 10.5. The van der Waals surface area contributed by atoms with E-state index in [1.165, 1.54) is 6.92 Å². The molecule has 134 valence electrons. The normalized spacial score (nSPS) is 16.6. The van der Waals surface area contributed by atoms with E-state index in [2.05, 4.69) is 10.6 Å². The summed E-state index contributed by atoms with van der Waals surface area (Å²) in [5.74, 6) is -2.55. The lowest BCUT2D eigenvalue weighted by atomic mass is 10.00. The second-order valence-electron chi connectivity index (χ2n) is 6.53. The Labute approximate surface area is 136 Å². The molecule has 4 atom stereocenters. The highest BCUT2D eigenvalue weighted by Crippen LogP contribution is 2.08. The van der Waals surface area contributed by atoms with Crippen LogP contribution in [0.4, 0.5) is 0 Å². The fourth-order valence-electron chi connectivity index (χ4n) is 1.96. The number of nitrogens with one attached hydrogen (secondary N) is 2. The van der Waals surface area contributed by atoms with Crippen molar-refractivity contribution in [3.05, 3.63) is 0 Å². The fourth-order valence-corrected chi connectivity index (χ4v) is 1.96. The Hall–Kier alpha value is -1.67. The fraction of sp³-hybridized carbons (Fsp3) is 0.800. The van der Waals surface area contributed by atoms with Crippen LogP contribution in [0.15, 0.2) is 0 Å². The molecule has 0 rings (SSSR count). The molecule has 0 aromatic carbocycles. The van der Waals surface area contributed by atoms with E-state index in [4.69, 9.17) is 5.73 Å². The number of amides is 2. The Bertz CT molecular complexity index is 423. The standard InChI is InChI=1S/C15H29N3O5/c1-7(2)6-10(15(22)23)17-14(21)12(8(3)4)18-13(20)11(16)9(5)19/h7-12,19H,6,16H2,1-5H3,(H,17,21)(H,18,20)(H,22,23)/t9?,10-,11+,12+/m1/s1. The van der Waals surface area contributed by atoms with Gasteiger partial charge in [-0.3, -0.25) is 9.59 Å². The van der Waals surface area contributed by atoms with Gasteiger partial charge in [0.2, 0.25) is 11.8 Å². The minimum absolute atomic E-state index is 0.0900. The van der Waals surface area contributed by atoms with Crippen LogP contribution in [-0.4, -0.2) is 52.2 Å². The van der Waals surface area contributed by atoms with Crippen LogP contribution in [0.5, 0.6) is 0 Å². The summed E-state index contributed by atoms with van der Waals surface area (Å²) < 4.78 is 0. The van der Waals surface area contributed by atoms with Gasteiger partial charge in [-0.05, 0) is 25.2 Å². The number of carboxylic acids is 1. The van der Waals surface area contributed by atoms with Crippen molar-refractivity contribution in [1.29, 1.82) is 0 Å². The SMILES string of the molecule is CC(C)C[C@@H](NC(=O)[C@@H](NC(=O)[C@@H](N)C(C)O)C(C)C)C(=O)O. The molecule has 0 bridgehead atoms. The Balaban J connectivity index is 4.98. The van der Waals surface area contributed by atoms with Crippen molar-refractivity contribution in [1.82, 2.24) is 10.6 Å². The van der Waals surface area contributed by atoms with Crippen molar-refractivity contribution in [2.75, 3.05) is 0 Å². The summed E-state index contributed by atoms with van der Waals surface area (Å²) in [5.41, 5.74) is 5.54. The molecule has 0 heterocycles. The van der Waals surface area contributed by atoms with E-state index in [1.54, 1.807) is 13.8 Å². The van der Waals surface area contributed by atoms with Crippen LogP contribution in [0, 0.1) is 11.8 Å². The van der Waals surface area contributed by atoms with Gasteiger partial charge in [-0.25, -0.2) is 4.79 Å². The van der Waals surface area contributed by atoms with Crippen LogP contribution < -0.4 is 16.4 Å². The molecule has 0 fully saturated rings. The number of nitrogens with two attached hydrogens (primary N) is 1. The average Bonchev–Trinajstić information content (AvgIpc) is 2.41. The van der Waals surface area contributed by atoms with Gasteiger partial charge in [0.05, 0.1) is 6.10 Å². The molecular weight excluding hydrogens is 302 g/mol. The summed E-state index contributed by atoms with van der Waals surface area (Å²) in [6.07, 6.45) is -0.772. The average molecular weight is 331 g/mol. The van der Waals surface area contributed by atoms with E-state index in [9.17, 15) is 24.6 Å². The Kier molecular flexibility index (Phi) is 8.78. The van der Waals surface area contributed by atoms with Crippen LogP contribution in [0.3, 0.4) is 0 Å². The van der Waals surface area contributed by atoms with Gasteiger partial charge in [0.1, 0.15) is 18.1 Å². The molecule has 0 aromatic rings. The van der Waals surface area contributed by atoms with E-state index >= 15 is 0 Å². The van der Waals surface area contributed by atoms with Gasteiger partial charge in [-0.2, -0.15) is 0 Å². The van der Waals surface area contributed by atoms with Crippen LogP contribution in [0.2, 0.25) is 0 Å². The van der Waals surface area contributed by atoms with Crippen LogP contribution in [0.1, 0.15) is 41.0 Å². The lowest BCUT2D eigenvalue weighted by Crippen LogP contribution is -2.58. The summed E-state index contributed by atoms with van der Waals surface area (Å²) in [6.45, 7) is 8.52. The van der Waals surface area contributed by atoms with Gasteiger partial charge in [0.15, 0.2) is 0 Å². The van der Waals surface area contributed by atoms with Crippen molar-refractivity contribution < 1.29 is 24.6 Å². The number of aliphatic hydroxyl groups excluding tert-OH is 1. The summed E-state index contributed by atoms with van der Waals surface area (Å²) in [7, 11) is 0. The molecule has 0 aliphatic rings. The quantitative estimate of drug-likeness (QED) is 0.384. The van der Waals surface area contributed by atoms with Gasteiger partial charge < -0.3 is 26.6 Å². The maximum Gasteiger partial charge on any atom is 0.326 e. The Morgan fingerprint density at radius 3 is 1.87 bits per heavy atom. The topological polar surface area (TPSA) is 142 Å². The molecule has 0 aliphatic carbocycles. The summed E-state index contributed by atoms with van der Waals surface area (Å²) >= 11 is 0. The minimum Gasteiger partial charge on any atom is -0.480 e. The third-order valence-corrected chi connectivity index (χ3v) is 3.39. The minimum atomic E-state index is -1.16. The lowest BCUT2D eigenvalue weighted by molar-refractivity contribution is -0.143. The molecule has 6 N–H and O–H groups in total. The summed E-state index contributed by atoms with van der Waals surface area (Å²) in [6, 6.07) is -3.11. The van der Waals surface area contributed by atoms with Crippen LogP contribution in [0.25, 0.3) is 0 Å². The van der Waals surface area contributed by atoms with Gasteiger partial charge in [0.25, 0.3) is 0 Å². The predicted molar refractivity (Wildman–Crippen MR) is 85.4 cm³/mol. The van der Waals surface area contributed by atoms with E-state index in [-0.39, 0.29) is 18.3 Å². The number of carboxylic acid groups (broad SMARTS) is 1. The molecule has 8 heteroatoms. The van der Waals surface area contributed by atoms with Crippen LogP contribution in [-0.2, 0) is 14.4 Å². The van der Waals surface area contributed by atoms with Crippen molar-refractivity contribution in [3.63, 3.8) is 0 Å². The molecule has 1 unspecified atom stereocenters. The number of aliphatic hydroxyl groups is 1. The molecule has 0 saturated carbocycles. The zero-order valence-corrected chi connectivity index (χ0v) is 14.4. The Morgan fingerprint density at radius 2 is 1.52 bits per heavy atom. The molecule has 0 spiro atoms. The van der Waals surface area contributed by atoms with E-state index < -0.39 is 42.0 Å². The van der Waals surface area contributed by atoms with Crippen molar-refractivity contribution >= 4 is 17.8 Å². The molecule has 8 nitrogen and oxygen atoms in total. The smallest absolute Gasteiger partial charge is 0.326 e. The summed E-state index contributed by atoms with van der Waals surface area (Å²) in [5, 5.41) is 23.4. The highest BCUT2D eigenvalue weighted by atomic mass is 16.4. The molecule has 23 heavy (non-hydrogen) atoms. The van der Waals surface area contributed by atoms with Crippen molar-refractivity contribution in [2.24, 2.45) is 17.6 Å².